The summed E-state index contributed by atoms with van der Waals surface area (Å²) in [4.78, 5) is 28.9. The first-order chi connectivity index (χ1) is 12.4. The highest BCUT2D eigenvalue weighted by atomic mass is 35.5. The minimum atomic E-state index is -0.437. The molecule has 0 radical (unpaired) electrons. The summed E-state index contributed by atoms with van der Waals surface area (Å²) in [5.41, 5.74) is 6.33. The molecule has 0 spiro atoms. The zero-order valence-corrected chi connectivity index (χ0v) is 16.6. The fourth-order valence-corrected chi connectivity index (χ4v) is 4.08. The molecule has 1 saturated carbocycles. The third-order valence-electron chi connectivity index (χ3n) is 5.80. The van der Waals surface area contributed by atoms with Crippen LogP contribution in [0, 0.1) is 11.7 Å². The maximum atomic E-state index is 13.7. The zero-order valence-electron chi connectivity index (χ0n) is 15.8. The first-order valence-corrected chi connectivity index (χ1v) is 9.47. The Morgan fingerprint density at radius 2 is 1.78 bits per heavy atom. The summed E-state index contributed by atoms with van der Waals surface area (Å²) in [6, 6.07) is 6.35. The van der Waals surface area contributed by atoms with E-state index in [-0.39, 0.29) is 42.4 Å². The van der Waals surface area contributed by atoms with Crippen LogP contribution in [-0.2, 0) is 16.0 Å². The summed E-state index contributed by atoms with van der Waals surface area (Å²) < 4.78 is 13.7. The third-order valence-corrected chi connectivity index (χ3v) is 5.80. The maximum Gasteiger partial charge on any atom is 0.227 e. The van der Waals surface area contributed by atoms with Gasteiger partial charge in [0.1, 0.15) is 5.82 Å². The second-order valence-corrected chi connectivity index (χ2v) is 7.78. The highest BCUT2D eigenvalue weighted by Crippen LogP contribution is 2.33. The second-order valence-electron chi connectivity index (χ2n) is 7.78. The smallest absolute Gasteiger partial charge is 0.227 e. The van der Waals surface area contributed by atoms with E-state index >= 15 is 0 Å². The van der Waals surface area contributed by atoms with Crippen molar-refractivity contribution >= 4 is 24.2 Å². The molecule has 2 amide bonds. The van der Waals surface area contributed by atoms with Crippen molar-refractivity contribution in [2.45, 2.75) is 44.6 Å². The van der Waals surface area contributed by atoms with E-state index in [0.717, 1.165) is 25.7 Å². The number of piperazine rings is 1. The predicted molar refractivity (Wildman–Crippen MR) is 105 cm³/mol. The van der Waals surface area contributed by atoms with E-state index in [9.17, 15) is 14.0 Å². The molecule has 2 unspecified atom stereocenters. The Hall–Kier alpha value is -1.66. The van der Waals surface area contributed by atoms with Gasteiger partial charge in [0, 0.05) is 31.7 Å². The van der Waals surface area contributed by atoms with Crippen molar-refractivity contribution in [3.63, 3.8) is 0 Å². The molecule has 1 aliphatic heterocycles. The number of carbonyl (C=O) groups excluding carboxylic acids is 2. The number of nitrogens with two attached hydrogens (primary N) is 1. The Kier molecular flexibility index (Phi) is 7.23. The molecular weight excluding hydrogens is 369 g/mol. The number of rotatable bonds is 3. The Morgan fingerprint density at radius 1 is 1.15 bits per heavy atom. The van der Waals surface area contributed by atoms with E-state index in [1.54, 1.807) is 23.1 Å². The van der Waals surface area contributed by atoms with Gasteiger partial charge in [-0.15, -0.1) is 12.4 Å². The predicted octanol–water partition coefficient (Wildman–Crippen LogP) is 2.37. The molecule has 1 saturated heterocycles. The maximum absolute atomic E-state index is 13.7. The minimum Gasteiger partial charge on any atom is -0.339 e. The molecule has 3 rings (SSSR count). The van der Waals surface area contributed by atoms with Gasteiger partial charge in [-0.25, -0.2) is 4.39 Å². The van der Waals surface area contributed by atoms with Crippen LogP contribution in [0.1, 0.15) is 38.2 Å². The lowest BCUT2D eigenvalue weighted by atomic mass is 9.74. The van der Waals surface area contributed by atoms with Gasteiger partial charge in [0.15, 0.2) is 0 Å². The standard InChI is InChI=1S/C20H28FN3O2.ClH/c1-20(22)9-5-4-7-16(20)19(26)24-12-10-23(11-13-24)18(25)14-15-6-2-3-8-17(15)21;/h2-3,6,8,16H,4-5,7,9-14,22H2,1H3;1H. The molecule has 2 aliphatic rings. The first-order valence-electron chi connectivity index (χ1n) is 9.47. The van der Waals surface area contributed by atoms with E-state index in [4.69, 9.17) is 5.73 Å². The summed E-state index contributed by atoms with van der Waals surface area (Å²) >= 11 is 0. The number of benzene rings is 1. The molecule has 2 fully saturated rings. The van der Waals surface area contributed by atoms with E-state index < -0.39 is 5.54 Å². The topological polar surface area (TPSA) is 66.6 Å². The SMILES string of the molecule is CC1(N)CCCCC1C(=O)N1CCN(C(=O)Cc2ccccc2F)CC1.Cl. The van der Waals surface area contributed by atoms with Crippen LogP contribution in [0.15, 0.2) is 24.3 Å². The summed E-state index contributed by atoms with van der Waals surface area (Å²) in [6.07, 6.45) is 3.91. The molecule has 7 heteroatoms. The molecule has 0 bridgehead atoms. The Bertz CT molecular complexity index is 675. The number of hydrogen-bond acceptors (Lipinski definition) is 3. The average molecular weight is 398 g/mol. The fourth-order valence-electron chi connectivity index (χ4n) is 4.08. The van der Waals surface area contributed by atoms with Crippen LogP contribution in [0.25, 0.3) is 0 Å². The van der Waals surface area contributed by atoms with Crippen LogP contribution in [0.5, 0.6) is 0 Å². The van der Waals surface area contributed by atoms with Crippen molar-refractivity contribution in [2.24, 2.45) is 11.7 Å². The number of amides is 2. The second kappa shape index (κ2) is 9.02. The Morgan fingerprint density at radius 3 is 2.41 bits per heavy atom. The van der Waals surface area contributed by atoms with Crippen molar-refractivity contribution in [3.05, 3.63) is 35.6 Å². The first kappa shape index (κ1) is 21.6. The van der Waals surface area contributed by atoms with Gasteiger partial charge < -0.3 is 15.5 Å². The van der Waals surface area contributed by atoms with Crippen LogP contribution >= 0.6 is 12.4 Å². The van der Waals surface area contributed by atoms with Crippen LogP contribution in [-0.4, -0.2) is 53.3 Å². The lowest BCUT2D eigenvalue weighted by Crippen LogP contribution is -2.57. The average Bonchev–Trinajstić information content (AvgIpc) is 2.63. The molecule has 0 aromatic heterocycles. The number of hydrogen-bond donors (Lipinski definition) is 1. The summed E-state index contributed by atoms with van der Waals surface area (Å²) in [5, 5.41) is 0. The monoisotopic (exact) mass is 397 g/mol. The molecule has 1 heterocycles. The molecule has 1 aliphatic carbocycles. The van der Waals surface area contributed by atoms with Gasteiger partial charge in [0.05, 0.1) is 12.3 Å². The molecule has 1 aromatic rings. The molecule has 2 N–H and O–H groups in total. The van der Waals surface area contributed by atoms with Gasteiger partial charge in [0.25, 0.3) is 0 Å². The summed E-state index contributed by atoms with van der Waals surface area (Å²) in [6.45, 7) is 4.01. The van der Waals surface area contributed by atoms with Crippen LogP contribution < -0.4 is 5.73 Å². The molecule has 5 nitrogen and oxygen atoms in total. The summed E-state index contributed by atoms with van der Waals surface area (Å²) in [7, 11) is 0. The quantitative estimate of drug-likeness (QED) is 0.851. The third kappa shape index (κ3) is 4.99. The molecule has 27 heavy (non-hydrogen) atoms. The largest absolute Gasteiger partial charge is 0.339 e. The van der Waals surface area contributed by atoms with E-state index in [0.29, 0.717) is 31.7 Å². The Labute approximate surface area is 166 Å². The molecule has 1 aromatic carbocycles. The van der Waals surface area contributed by atoms with Crippen LogP contribution in [0.4, 0.5) is 4.39 Å². The van der Waals surface area contributed by atoms with E-state index in [2.05, 4.69) is 0 Å². The minimum absolute atomic E-state index is 0. The number of halogens is 2. The highest BCUT2D eigenvalue weighted by Gasteiger charge is 2.40. The van der Waals surface area contributed by atoms with Gasteiger partial charge in [-0.1, -0.05) is 31.0 Å². The van der Waals surface area contributed by atoms with Gasteiger partial charge in [-0.3, -0.25) is 9.59 Å². The van der Waals surface area contributed by atoms with Crippen molar-refractivity contribution in [1.82, 2.24) is 9.80 Å². The highest BCUT2D eigenvalue weighted by molar-refractivity contribution is 5.85. The summed E-state index contributed by atoms with van der Waals surface area (Å²) in [5.74, 6) is -0.453. The van der Waals surface area contributed by atoms with Gasteiger partial charge in [-0.2, -0.15) is 0 Å². The molecular formula is C20H29ClFN3O2. The Balaban J connectivity index is 0.00000261. The normalized spacial score (nSPS) is 25.7. The number of nitrogens with zero attached hydrogens (tertiary/aromatic N) is 2. The number of carbonyl (C=O) groups is 2. The lowest BCUT2D eigenvalue weighted by Gasteiger charge is -2.42. The van der Waals surface area contributed by atoms with Gasteiger partial charge in [0.2, 0.25) is 11.8 Å². The van der Waals surface area contributed by atoms with Crippen molar-refractivity contribution in [3.8, 4) is 0 Å². The van der Waals surface area contributed by atoms with Gasteiger partial charge >= 0.3 is 0 Å². The van der Waals surface area contributed by atoms with E-state index in [1.165, 1.54) is 6.07 Å². The van der Waals surface area contributed by atoms with Crippen molar-refractivity contribution in [1.29, 1.82) is 0 Å². The molecule has 2 atom stereocenters. The molecule has 150 valence electrons. The van der Waals surface area contributed by atoms with Crippen LogP contribution in [0.2, 0.25) is 0 Å². The lowest BCUT2D eigenvalue weighted by molar-refractivity contribution is -0.144. The van der Waals surface area contributed by atoms with E-state index in [1.807, 2.05) is 11.8 Å². The fraction of sp³-hybridized carbons (Fsp3) is 0.600. The van der Waals surface area contributed by atoms with Gasteiger partial charge in [-0.05, 0) is 31.4 Å². The van der Waals surface area contributed by atoms with Crippen molar-refractivity contribution < 1.29 is 14.0 Å². The zero-order chi connectivity index (χ0) is 18.7. The van der Waals surface area contributed by atoms with Crippen LogP contribution in [0.3, 0.4) is 0 Å². The van der Waals surface area contributed by atoms with Crippen molar-refractivity contribution in [2.75, 3.05) is 26.2 Å².